The molecule has 0 saturated carbocycles. The maximum absolute atomic E-state index is 11.8. The highest BCUT2D eigenvalue weighted by molar-refractivity contribution is 5.76. The number of nitrogens with zero attached hydrogens (tertiary/aromatic N) is 1. The SMILES string of the molecule is CC(C)CC(CNC(=O)N1CCC(C)C1)C(=O)O. The Bertz CT molecular complexity index is 305. The van der Waals surface area contributed by atoms with Gasteiger partial charge in [0.2, 0.25) is 0 Å². The summed E-state index contributed by atoms with van der Waals surface area (Å²) in [6.45, 7) is 7.85. The standard InChI is InChI=1S/C13H24N2O3/c1-9(2)6-11(12(16)17)7-14-13(18)15-5-4-10(3)8-15/h9-11H,4-8H2,1-3H3,(H,14,18)(H,16,17). The molecule has 0 spiro atoms. The molecule has 0 radical (unpaired) electrons. The Morgan fingerprint density at radius 1 is 1.44 bits per heavy atom. The first kappa shape index (κ1) is 14.8. The van der Waals surface area contributed by atoms with Gasteiger partial charge in [0.15, 0.2) is 0 Å². The molecule has 2 N–H and O–H groups in total. The van der Waals surface area contributed by atoms with Crippen LogP contribution in [0.3, 0.4) is 0 Å². The Morgan fingerprint density at radius 2 is 2.11 bits per heavy atom. The smallest absolute Gasteiger partial charge is 0.317 e. The average Bonchev–Trinajstić information content (AvgIpc) is 2.69. The third-order valence-electron chi connectivity index (χ3n) is 3.32. The van der Waals surface area contributed by atoms with E-state index in [1.165, 1.54) is 0 Å². The molecule has 2 amide bonds. The van der Waals surface area contributed by atoms with E-state index in [0.29, 0.717) is 18.3 Å². The van der Waals surface area contributed by atoms with Crippen molar-refractivity contribution in [2.75, 3.05) is 19.6 Å². The second-order valence-corrected chi connectivity index (χ2v) is 5.69. The number of carbonyl (C=O) groups excluding carboxylic acids is 1. The van der Waals surface area contributed by atoms with E-state index in [-0.39, 0.29) is 12.6 Å². The minimum absolute atomic E-state index is 0.130. The van der Waals surface area contributed by atoms with Crippen LogP contribution in [-0.4, -0.2) is 41.6 Å². The molecule has 0 aromatic rings. The van der Waals surface area contributed by atoms with Gasteiger partial charge in [-0.3, -0.25) is 4.79 Å². The lowest BCUT2D eigenvalue weighted by Gasteiger charge is -2.20. The predicted molar refractivity (Wildman–Crippen MR) is 69.3 cm³/mol. The summed E-state index contributed by atoms with van der Waals surface area (Å²) in [5, 5.41) is 11.8. The van der Waals surface area contributed by atoms with E-state index in [2.05, 4.69) is 12.2 Å². The zero-order valence-corrected chi connectivity index (χ0v) is 11.5. The van der Waals surface area contributed by atoms with E-state index in [4.69, 9.17) is 5.11 Å². The van der Waals surface area contributed by atoms with Gasteiger partial charge in [0, 0.05) is 19.6 Å². The lowest BCUT2D eigenvalue weighted by atomic mass is 9.97. The number of rotatable bonds is 5. The lowest BCUT2D eigenvalue weighted by molar-refractivity contribution is -0.142. The number of carboxylic acid groups (broad SMARTS) is 1. The van der Waals surface area contributed by atoms with Gasteiger partial charge in [0.05, 0.1) is 5.92 Å². The Labute approximate surface area is 109 Å². The monoisotopic (exact) mass is 256 g/mol. The Kier molecular flexibility index (Phi) is 5.44. The summed E-state index contributed by atoms with van der Waals surface area (Å²) in [4.78, 5) is 24.6. The molecule has 1 aliphatic heterocycles. The number of amides is 2. The van der Waals surface area contributed by atoms with Crippen LogP contribution in [0.1, 0.15) is 33.6 Å². The first-order valence-corrected chi connectivity index (χ1v) is 6.65. The van der Waals surface area contributed by atoms with E-state index >= 15 is 0 Å². The van der Waals surface area contributed by atoms with Crippen molar-refractivity contribution in [2.45, 2.75) is 33.6 Å². The molecule has 1 heterocycles. The highest BCUT2D eigenvalue weighted by Gasteiger charge is 2.25. The molecule has 104 valence electrons. The molecule has 18 heavy (non-hydrogen) atoms. The van der Waals surface area contributed by atoms with E-state index in [1.807, 2.05) is 13.8 Å². The molecule has 5 nitrogen and oxygen atoms in total. The summed E-state index contributed by atoms with van der Waals surface area (Å²) in [7, 11) is 0. The molecule has 1 saturated heterocycles. The third-order valence-corrected chi connectivity index (χ3v) is 3.32. The van der Waals surface area contributed by atoms with Gasteiger partial charge in [-0.25, -0.2) is 4.79 Å². The van der Waals surface area contributed by atoms with E-state index in [0.717, 1.165) is 19.5 Å². The largest absolute Gasteiger partial charge is 0.481 e. The quantitative estimate of drug-likeness (QED) is 0.787. The number of carbonyl (C=O) groups is 2. The Balaban J connectivity index is 2.37. The van der Waals surface area contributed by atoms with Crippen LogP contribution in [0.2, 0.25) is 0 Å². The first-order chi connectivity index (χ1) is 8.40. The number of hydrogen-bond donors (Lipinski definition) is 2. The second kappa shape index (κ2) is 6.61. The Hall–Kier alpha value is -1.26. The van der Waals surface area contributed by atoms with Gasteiger partial charge >= 0.3 is 12.0 Å². The van der Waals surface area contributed by atoms with Crippen LogP contribution in [0.15, 0.2) is 0 Å². The van der Waals surface area contributed by atoms with Crippen LogP contribution in [-0.2, 0) is 4.79 Å². The van der Waals surface area contributed by atoms with Crippen molar-refractivity contribution in [3.63, 3.8) is 0 Å². The zero-order chi connectivity index (χ0) is 13.7. The zero-order valence-electron chi connectivity index (χ0n) is 11.5. The molecule has 0 bridgehead atoms. The maximum Gasteiger partial charge on any atom is 0.317 e. The average molecular weight is 256 g/mol. The van der Waals surface area contributed by atoms with Crippen molar-refractivity contribution in [3.8, 4) is 0 Å². The molecular formula is C13H24N2O3. The molecule has 0 aliphatic carbocycles. The fourth-order valence-corrected chi connectivity index (χ4v) is 2.28. The fraction of sp³-hybridized carbons (Fsp3) is 0.846. The number of carboxylic acids is 1. The van der Waals surface area contributed by atoms with Gasteiger partial charge in [-0.1, -0.05) is 20.8 Å². The van der Waals surface area contributed by atoms with E-state index < -0.39 is 11.9 Å². The third kappa shape index (κ3) is 4.55. The van der Waals surface area contributed by atoms with Crippen molar-refractivity contribution >= 4 is 12.0 Å². The van der Waals surface area contributed by atoms with Crippen molar-refractivity contribution < 1.29 is 14.7 Å². The van der Waals surface area contributed by atoms with Gasteiger partial charge < -0.3 is 15.3 Å². The minimum Gasteiger partial charge on any atom is -0.481 e. The van der Waals surface area contributed by atoms with Crippen molar-refractivity contribution in [2.24, 2.45) is 17.8 Å². The molecule has 1 fully saturated rings. The number of urea groups is 1. The summed E-state index contributed by atoms with van der Waals surface area (Å²) < 4.78 is 0. The van der Waals surface area contributed by atoms with Crippen LogP contribution < -0.4 is 5.32 Å². The molecule has 0 aromatic heterocycles. The fourth-order valence-electron chi connectivity index (χ4n) is 2.28. The van der Waals surface area contributed by atoms with Gasteiger partial charge in [0.25, 0.3) is 0 Å². The number of hydrogen-bond acceptors (Lipinski definition) is 2. The molecule has 2 unspecified atom stereocenters. The normalized spacial score (nSPS) is 21.1. The summed E-state index contributed by atoms with van der Waals surface area (Å²) in [5.41, 5.74) is 0. The molecule has 1 aliphatic rings. The van der Waals surface area contributed by atoms with Crippen LogP contribution in [0.25, 0.3) is 0 Å². The van der Waals surface area contributed by atoms with Crippen molar-refractivity contribution in [3.05, 3.63) is 0 Å². The van der Waals surface area contributed by atoms with E-state index in [9.17, 15) is 9.59 Å². The van der Waals surface area contributed by atoms with Crippen molar-refractivity contribution in [1.82, 2.24) is 10.2 Å². The number of nitrogens with one attached hydrogen (secondary N) is 1. The number of aliphatic carboxylic acids is 1. The van der Waals surface area contributed by atoms with Gasteiger partial charge in [-0.15, -0.1) is 0 Å². The molecule has 5 heteroatoms. The predicted octanol–water partition coefficient (Wildman–Crippen LogP) is 1.78. The van der Waals surface area contributed by atoms with E-state index in [1.54, 1.807) is 4.90 Å². The second-order valence-electron chi connectivity index (χ2n) is 5.69. The highest BCUT2D eigenvalue weighted by Crippen LogP contribution is 2.15. The maximum atomic E-state index is 11.8. The summed E-state index contributed by atoms with van der Waals surface area (Å²) in [5.74, 6) is -0.468. The van der Waals surface area contributed by atoms with Crippen LogP contribution >= 0.6 is 0 Å². The number of likely N-dealkylation sites (tertiary alicyclic amines) is 1. The first-order valence-electron chi connectivity index (χ1n) is 6.65. The summed E-state index contributed by atoms with van der Waals surface area (Å²) in [6, 6.07) is -0.130. The molecular weight excluding hydrogens is 232 g/mol. The van der Waals surface area contributed by atoms with Gasteiger partial charge in [-0.2, -0.15) is 0 Å². The Morgan fingerprint density at radius 3 is 2.56 bits per heavy atom. The van der Waals surface area contributed by atoms with Crippen molar-refractivity contribution in [1.29, 1.82) is 0 Å². The highest BCUT2D eigenvalue weighted by atomic mass is 16.4. The van der Waals surface area contributed by atoms with Gasteiger partial charge in [0.1, 0.15) is 0 Å². The molecule has 2 atom stereocenters. The van der Waals surface area contributed by atoms with Crippen LogP contribution in [0.5, 0.6) is 0 Å². The topological polar surface area (TPSA) is 69.6 Å². The van der Waals surface area contributed by atoms with Crippen LogP contribution in [0, 0.1) is 17.8 Å². The summed E-state index contributed by atoms with van der Waals surface area (Å²) in [6.07, 6.45) is 1.62. The summed E-state index contributed by atoms with van der Waals surface area (Å²) >= 11 is 0. The molecule has 0 aromatic carbocycles. The van der Waals surface area contributed by atoms with Gasteiger partial charge in [-0.05, 0) is 24.7 Å². The lowest BCUT2D eigenvalue weighted by Crippen LogP contribution is -2.42. The minimum atomic E-state index is -0.834. The van der Waals surface area contributed by atoms with Crippen LogP contribution in [0.4, 0.5) is 4.79 Å². The molecule has 1 rings (SSSR count).